The molecule has 5 heteroatoms. The first-order chi connectivity index (χ1) is 8.24. The highest BCUT2D eigenvalue weighted by Crippen LogP contribution is 2.28. The Morgan fingerprint density at radius 3 is 3.06 bits per heavy atom. The van der Waals surface area contributed by atoms with Crippen molar-refractivity contribution in [1.82, 2.24) is 4.90 Å². The summed E-state index contributed by atoms with van der Waals surface area (Å²) in [7, 11) is 0. The Balaban J connectivity index is 2.14. The van der Waals surface area contributed by atoms with Crippen LogP contribution in [0.2, 0.25) is 0 Å². The summed E-state index contributed by atoms with van der Waals surface area (Å²) in [6.07, 6.45) is 4.32. The van der Waals surface area contributed by atoms with Gasteiger partial charge in [-0.05, 0) is 59.6 Å². The lowest BCUT2D eigenvalue weighted by molar-refractivity contribution is 0.0609. The molecule has 0 radical (unpaired) electrons. The second kappa shape index (κ2) is 5.98. The molecule has 1 aliphatic heterocycles. The molecule has 3 nitrogen and oxygen atoms in total. The summed E-state index contributed by atoms with van der Waals surface area (Å²) < 4.78 is 0.907. The Hall–Kier alpha value is -0.390. The van der Waals surface area contributed by atoms with Gasteiger partial charge in [-0.25, -0.2) is 0 Å². The Bertz CT molecular complexity index is 392. The van der Waals surface area contributed by atoms with Crippen LogP contribution in [0, 0.1) is 0 Å². The Morgan fingerprint density at radius 2 is 2.41 bits per heavy atom. The maximum Gasteiger partial charge on any atom is 0.265 e. The highest BCUT2D eigenvalue weighted by molar-refractivity contribution is 9.10. The number of likely N-dealkylation sites (tertiary alicyclic amines) is 1. The second-order valence-corrected chi connectivity index (χ2v) is 6.09. The van der Waals surface area contributed by atoms with Gasteiger partial charge in [0.1, 0.15) is 4.88 Å². The molecule has 2 heterocycles. The number of carbonyl (C=O) groups is 1. The monoisotopic (exact) mass is 316 g/mol. The molecule has 1 aromatic rings. The van der Waals surface area contributed by atoms with Crippen molar-refractivity contribution in [2.24, 2.45) is 5.73 Å². The van der Waals surface area contributed by atoms with E-state index in [0.717, 1.165) is 35.2 Å². The smallest absolute Gasteiger partial charge is 0.265 e. The average Bonchev–Trinajstić information content (AvgIpc) is 2.76. The molecule has 2 rings (SSSR count). The van der Waals surface area contributed by atoms with Gasteiger partial charge in [0.2, 0.25) is 0 Å². The van der Waals surface area contributed by atoms with Crippen LogP contribution in [0.3, 0.4) is 0 Å². The summed E-state index contributed by atoms with van der Waals surface area (Å²) in [4.78, 5) is 15.3. The van der Waals surface area contributed by atoms with Gasteiger partial charge in [0, 0.05) is 17.1 Å². The van der Waals surface area contributed by atoms with Crippen LogP contribution in [0.25, 0.3) is 0 Å². The molecule has 1 amide bonds. The maximum atomic E-state index is 12.4. The van der Waals surface area contributed by atoms with Gasteiger partial charge < -0.3 is 10.6 Å². The molecule has 2 N–H and O–H groups in total. The standard InChI is InChI=1S/C12H17BrN2OS/c13-10-5-8-17-11(10)12(16)15-7-2-1-3-9(15)4-6-14/h5,8-9H,1-4,6-7,14H2. The maximum absolute atomic E-state index is 12.4. The molecular weight excluding hydrogens is 300 g/mol. The number of nitrogens with two attached hydrogens (primary N) is 1. The minimum absolute atomic E-state index is 0.157. The number of nitrogens with zero attached hydrogens (tertiary/aromatic N) is 1. The second-order valence-electron chi connectivity index (χ2n) is 4.32. The van der Waals surface area contributed by atoms with Crippen LogP contribution in [0.5, 0.6) is 0 Å². The molecule has 0 aromatic carbocycles. The van der Waals surface area contributed by atoms with E-state index in [1.807, 2.05) is 16.3 Å². The van der Waals surface area contributed by atoms with Gasteiger partial charge in [-0.2, -0.15) is 0 Å². The molecule has 1 aliphatic rings. The van der Waals surface area contributed by atoms with Crippen molar-refractivity contribution >= 4 is 33.2 Å². The van der Waals surface area contributed by atoms with Crippen LogP contribution in [-0.4, -0.2) is 29.9 Å². The molecule has 94 valence electrons. The first kappa shape index (κ1) is 13.1. The van der Waals surface area contributed by atoms with Crippen molar-refractivity contribution in [2.75, 3.05) is 13.1 Å². The number of hydrogen-bond donors (Lipinski definition) is 1. The predicted molar refractivity (Wildman–Crippen MR) is 74.4 cm³/mol. The molecule has 1 saturated heterocycles. The summed E-state index contributed by atoms with van der Waals surface area (Å²) in [5, 5.41) is 1.94. The van der Waals surface area contributed by atoms with E-state index in [9.17, 15) is 4.79 Å². The molecule has 1 atom stereocenters. The molecule has 1 unspecified atom stereocenters. The summed E-state index contributed by atoms with van der Waals surface area (Å²) in [6.45, 7) is 1.52. The lowest BCUT2D eigenvalue weighted by Crippen LogP contribution is -2.44. The van der Waals surface area contributed by atoms with Gasteiger partial charge in [0.15, 0.2) is 0 Å². The lowest BCUT2D eigenvalue weighted by atomic mass is 9.99. The minimum atomic E-state index is 0.157. The number of rotatable bonds is 3. The van der Waals surface area contributed by atoms with Gasteiger partial charge in [-0.15, -0.1) is 11.3 Å². The van der Waals surface area contributed by atoms with Crippen LogP contribution in [0.1, 0.15) is 35.4 Å². The van der Waals surface area contributed by atoms with Crippen molar-refractivity contribution in [3.8, 4) is 0 Å². The van der Waals surface area contributed by atoms with E-state index in [-0.39, 0.29) is 5.91 Å². The summed E-state index contributed by atoms with van der Waals surface area (Å²) in [5.41, 5.74) is 5.63. The van der Waals surface area contributed by atoms with Crippen LogP contribution >= 0.6 is 27.3 Å². The van der Waals surface area contributed by atoms with Gasteiger partial charge in [-0.1, -0.05) is 0 Å². The van der Waals surface area contributed by atoms with E-state index in [0.29, 0.717) is 12.6 Å². The molecule has 0 saturated carbocycles. The average molecular weight is 317 g/mol. The van der Waals surface area contributed by atoms with Gasteiger partial charge in [0.05, 0.1) is 0 Å². The van der Waals surface area contributed by atoms with Crippen LogP contribution in [0.15, 0.2) is 15.9 Å². The van der Waals surface area contributed by atoms with Gasteiger partial charge in [0.25, 0.3) is 5.91 Å². The minimum Gasteiger partial charge on any atom is -0.335 e. The fourth-order valence-electron chi connectivity index (χ4n) is 2.34. The fraction of sp³-hybridized carbons (Fsp3) is 0.583. The van der Waals surface area contributed by atoms with Crippen LogP contribution < -0.4 is 5.73 Å². The lowest BCUT2D eigenvalue weighted by Gasteiger charge is -2.35. The molecular formula is C12H17BrN2OS. The number of halogens is 1. The molecule has 17 heavy (non-hydrogen) atoms. The van der Waals surface area contributed by atoms with E-state index < -0.39 is 0 Å². The molecule has 0 spiro atoms. The Labute approximate surface area is 114 Å². The first-order valence-electron chi connectivity index (χ1n) is 5.98. The van der Waals surface area contributed by atoms with Crippen molar-refractivity contribution in [2.45, 2.75) is 31.7 Å². The van der Waals surface area contributed by atoms with Gasteiger partial charge in [-0.3, -0.25) is 4.79 Å². The largest absolute Gasteiger partial charge is 0.335 e. The van der Waals surface area contributed by atoms with Gasteiger partial charge >= 0.3 is 0 Å². The van der Waals surface area contributed by atoms with Crippen molar-refractivity contribution in [3.63, 3.8) is 0 Å². The third-order valence-electron chi connectivity index (χ3n) is 3.20. The molecule has 1 aromatic heterocycles. The van der Waals surface area contributed by atoms with E-state index in [4.69, 9.17) is 5.73 Å². The van der Waals surface area contributed by atoms with E-state index >= 15 is 0 Å². The van der Waals surface area contributed by atoms with Crippen molar-refractivity contribution in [1.29, 1.82) is 0 Å². The number of piperidine rings is 1. The number of amides is 1. The third-order valence-corrected chi connectivity index (χ3v) is 5.02. The topological polar surface area (TPSA) is 46.3 Å². The van der Waals surface area contributed by atoms with E-state index in [2.05, 4.69) is 15.9 Å². The zero-order valence-electron chi connectivity index (χ0n) is 9.69. The quantitative estimate of drug-likeness (QED) is 0.932. The van der Waals surface area contributed by atoms with Crippen LogP contribution in [-0.2, 0) is 0 Å². The summed E-state index contributed by atoms with van der Waals surface area (Å²) >= 11 is 4.93. The number of thiophene rings is 1. The number of hydrogen-bond acceptors (Lipinski definition) is 3. The Kier molecular flexibility index (Phi) is 4.59. The third kappa shape index (κ3) is 2.89. The van der Waals surface area contributed by atoms with E-state index in [1.165, 1.54) is 17.8 Å². The molecule has 0 aliphatic carbocycles. The highest BCUT2D eigenvalue weighted by Gasteiger charge is 2.28. The first-order valence-corrected chi connectivity index (χ1v) is 7.65. The summed E-state index contributed by atoms with van der Waals surface area (Å²) in [6, 6.07) is 2.26. The number of carbonyl (C=O) groups excluding carboxylic acids is 1. The Morgan fingerprint density at radius 1 is 1.59 bits per heavy atom. The zero-order chi connectivity index (χ0) is 12.3. The molecule has 1 fully saturated rings. The fourth-order valence-corrected chi connectivity index (χ4v) is 3.83. The van der Waals surface area contributed by atoms with E-state index in [1.54, 1.807) is 0 Å². The van der Waals surface area contributed by atoms with Crippen LogP contribution in [0.4, 0.5) is 0 Å². The predicted octanol–water partition coefficient (Wildman–Crippen LogP) is 2.85. The SMILES string of the molecule is NCCC1CCCCN1C(=O)c1sccc1Br. The summed E-state index contributed by atoms with van der Waals surface area (Å²) in [5.74, 6) is 0.157. The highest BCUT2D eigenvalue weighted by atomic mass is 79.9. The van der Waals surface area contributed by atoms with Crippen molar-refractivity contribution in [3.05, 3.63) is 20.8 Å². The molecule has 0 bridgehead atoms. The zero-order valence-corrected chi connectivity index (χ0v) is 12.1. The normalized spacial score (nSPS) is 20.6. The van der Waals surface area contributed by atoms with Crippen molar-refractivity contribution < 1.29 is 4.79 Å².